The van der Waals surface area contributed by atoms with Gasteiger partial charge in [0.05, 0.1) is 17.5 Å². The van der Waals surface area contributed by atoms with E-state index in [2.05, 4.69) is 53.3 Å². The van der Waals surface area contributed by atoms with Crippen LogP contribution in [0.4, 0.5) is 11.4 Å². The Morgan fingerprint density at radius 1 is 1.12 bits per heavy atom. The highest BCUT2D eigenvalue weighted by Crippen LogP contribution is 2.34. The first-order chi connectivity index (χ1) is 15.8. The summed E-state index contributed by atoms with van der Waals surface area (Å²) in [5, 5.41) is 4.00. The molecule has 33 heavy (non-hydrogen) atoms. The third-order valence-electron chi connectivity index (χ3n) is 6.43. The van der Waals surface area contributed by atoms with Gasteiger partial charge in [-0.3, -0.25) is 9.79 Å². The number of piperazine rings is 1. The number of amidine groups is 1. The number of aliphatic imine (C=N–C) groups is 1. The molecule has 0 spiro atoms. The molecule has 7 nitrogen and oxygen atoms in total. The number of benzene rings is 2. The Morgan fingerprint density at radius 3 is 2.70 bits per heavy atom. The summed E-state index contributed by atoms with van der Waals surface area (Å²) in [5.74, 6) is 0.335. The fourth-order valence-corrected chi connectivity index (χ4v) is 8.46. The van der Waals surface area contributed by atoms with E-state index in [9.17, 15) is 13.2 Å². The van der Waals surface area contributed by atoms with Gasteiger partial charge < -0.3 is 15.1 Å². The van der Waals surface area contributed by atoms with Crippen LogP contribution in [-0.2, 0) is 9.84 Å². The van der Waals surface area contributed by atoms with Gasteiger partial charge in [0, 0.05) is 47.9 Å². The fourth-order valence-electron chi connectivity index (χ4n) is 4.78. The van der Waals surface area contributed by atoms with E-state index in [0.29, 0.717) is 18.7 Å². The number of sulfone groups is 1. The molecule has 2 aromatic rings. The van der Waals surface area contributed by atoms with Gasteiger partial charge in [0.15, 0.2) is 15.0 Å². The zero-order chi connectivity index (χ0) is 23.2. The highest BCUT2D eigenvalue weighted by Gasteiger charge is 2.42. The van der Waals surface area contributed by atoms with E-state index in [1.807, 2.05) is 29.2 Å². The Bertz CT molecular complexity index is 1210. The van der Waals surface area contributed by atoms with E-state index in [1.54, 1.807) is 0 Å². The number of nitrogens with zero attached hydrogens (tertiary/aromatic N) is 3. The predicted molar refractivity (Wildman–Crippen MR) is 135 cm³/mol. The summed E-state index contributed by atoms with van der Waals surface area (Å²) in [5.41, 5.74) is 3.87. The van der Waals surface area contributed by atoms with E-state index < -0.39 is 9.84 Å². The van der Waals surface area contributed by atoms with Crippen molar-refractivity contribution in [1.82, 2.24) is 4.90 Å². The summed E-state index contributed by atoms with van der Waals surface area (Å²) in [4.78, 5) is 22.1. The molecule has 2 aromatic carbocycles. The summed E-state index contributed by atoms with van der Waals surface area (Å²) in [6, 6.07) is 16.0. The smallest absolute Gasteiger partial charge is 0.254 e. The molecule has 3 aliphatic rings. The number of fused-ring (bicyclic) bond motifs is 1. The average Bonchev–Trinajstić information content (AvgIpc) is 3.25. The fraction of sp³-hybridized carbons (Fsp3) is 0.417. The van der Waals surface area contributed by atoms with Gasteiger partial charge in [-0.05, 0) is 49.7 Å². The molecule has 9 heteroatoms. The minimum Gasteiger partial charge on any atom is -0.365 e. The van der Waals surface area contributed by atoms with E-state index in [1.165, 1.54) is 23.0 Å². The van der Waals surface area contributed by atoms with E-state index in [-0.39, 0.29) is 34.7 Å². The predicted octanol–water partition coefficient (Wildman–Crippen LogP) is 3.03. The van der Waals surface area contributed by atoms with Gasteiger partial charge in [-0.2, -0.15) is 0 Å². The number of aryl methyl sites for hydroxylation is 1. The van der Waals surface area contributed by atoms with Gasteiger partial charge in [0.1, 0.15) is 0 Å². The summed E-state index contributed by atoms with van der Waals surface area (Å²) in [6.07, 6.45) is 0. The van der Waals surface area contributed by atoms with Crippen molar-refractivity contribution < 1.29 is 13.2 Å². The summed E-state index contributed by atoms with van der Waals surface area (Å²) in [6.45, 7) is 6.40. The van der Waals surface area contributed by atoms with Crippen molar-refractivity contribution in [2.45, 2.75) is 31.2 Å². The summed E-state index contributed by atoms with van der Waals surface area (Å²) >= 11 is 1.48. The third kappa shape index (κ3) is 4.75. The Hall–Kier alpha value is -2.52. The molecule has 5 rings (SSSR count). The molecule has 2 saturated heterocycles. The Labute approximate surface area is 199 Å². The number of nitrogens with one attached hydrogen (secondary N) is 1. The van der Waals surface area contributed by atoms with Crippen LogP contribution < -0.4 is 10.2 Å². The molecule has 0 bridgehead atoms. The van der Waals surface area contributed by atoms with Gasteiger partial charge in [-0.25, -0.2) is 8.42 Å². The molecule has 0 radical (unpaired) electrons. The second-order valence-electron chi connectivity index (χ2n) is 9.07. The molecule has 1 amide bonds. The number of amides is 1. The van der Waals surface area contributed by atoms with Gasteiger partial charge in [-0.1, -0.05) is 30.0 Å². The zero-order valence-corrected chi connectivity index (χ0v) is 20.4. The van der Waals surface area contributed by atoms with E-state index in [4.69, 9.17) is 0 Å². The number of carbonyl (C=O) groups is 1. The number of hydrogen-bond acceptors (Lipinski definition) is 7. The van der Waals surface area contributed by atoms with Crippen molar-refractivity contribution in [2.75, 3.05) is 41.4 Å². The quantitative estimate of drug-likeness (QED) is 0.721. The molecule has 0 aromatic heterocycles. The van der Waals surface area contributed by atoms with Crippen LogP contribution >= 0.6 is 11.8 Å². The molecule has 3 atom stereocenters. The van der Waals surface area contributed by atoms with Crippen LogP contribution in [0.25, 0.3) is 0 Å². The molecule has 2 fully saturated rings. The number of thioether (sulfide) groups is 1. The highest BCUT2D eigenvalue weighted by molar-refractivity contribution is 8.15. The maximum absolute atomic E-state index is 13.2. The zero-order valence-electron chi connectivity index (χ0n) is 18.8. The number of carbonyl (C=O) groups excluding carboxylic acids is 1. The summed E-state index contributed by atoms with van der Waals surface area (Å²) in [7, 11) is -2.97. The summed E-state index contributed by atoms with van der Waals surface area (Å²) < 4.78 is 23.5. The molecule has 3 heterocycles. The Morgan fingerprint density at radius 2 is 1.94 bits per heavy atom. The van der Waals surface area contributed by atoms with Crippen molar-refractivity contribution in [1.29, 1.82) is 0 Å². The monoisotopic (exact) mass is 484 g/mol. The maximum atomic E-state index is 13.2. The second-order valence-corrected chi connectivity index (χ2v) is 12.5. The van der Waals surface area contributed by atoms with Gasteiger partial charge in [-0.15, -0.1) is 0 Å². The minimum atomic E-state index is -2.97. The number of hydrogen-bond donors (Lipinski definition) is 1. The standard InChI is InChI=1S/C24H28N4O3S2/c1-16-5-3-8-20(11-16)28-10-9-27(13-17(28)2)23(29)18-6-4-7-19(12-18)25-24-26-21-14-33(30,31)15-22(21)32-24/h3-8,11-12,17,21-22H,9-10,13-15H2,1-2H3,(H,25,26)/t17-,21+,22-/m0/s1. The lowest BCUT2D eigenvalue weighted by Crippen LogP contribution is -2.53. The van der Waals surface area contributed by atoms with E-state index in [0.717, 1.165) is 17.4 Å². The highest BCUT2D eigenvalue weighted by atomic mass is 32.2. The third-order valence-corrected chi connectivity index (χ3v) is 9.57. The molecule has 0 unspecified atom stereocenters. The maximum Gasteiger partial charge on any atom is 0.254 e. The molecule has 174 valence electrons. The lowest BCUT2D eigenvalue weighted by atomic mass is 10.1. The number of anilines is 2. The lowest BCUT2D eigenvalue weighted by molar-refractivity contribution is 0.0726. The SMILES string of the molecule is Cc1cccc(N2CCN(C(=O)c3cccc(NC4=N[C@@H]5CS(=O)(=O)C[C@@H]5S4)c3)C[C@@H]2C)c1. The van der Waals surface area contributed by atoms with Crippen LogP contribution in [0.5, 0.6) is 0 Å². The van der Waals surface area contributed by atoms with Crippen LogP contribution in [0.1, 0.15) is 22.8 Å². The van der Waals surface area contributed by atoms with Crippen molar-refractivity contribution in [2.24, 2.45) is 4.99 Å². The van der Waals surface area contributed by atoms with Crippen LogP contribution in [-0.4, -0.2) is 72.9 Å². The lowest BCUT2D eigenvalue weighted by Gasteiger charge is -2.41. The van der Waals surface area contributed by atoms with Crippen LogP contribution in [0.3, 0.4) is 0 Å². The van der Waals surface area contributed by atoms with Crippen LogP contribution in [0.15, 0.2) is 53.5 Å². The van der Waals surface area contributed by atoms with E-state index >= 15 is 0 Å². The van der Waals surface area contributed by atoms with Crippen molar-refractivity contribution in [3.05, 3.63) is 59.7 Å². The molecule has 3 aliphatic heterocycles. The number of rotatable bonds is 3. The molecule has 1 N–H and O–H groups in total. The first kappa shape index (κ1) is 22.3. The van der Waals surface area contributed by atoms with Gasteiger partial charge in [0.2, 0.25) is 0 Å². The second kappa shape index (κ2) is 8.68. The minimum absolute atomic E-state index is 0.00602. The topological polar surface area (TPSA) is 82.1 Å². The van der Waals surface area contributed by atoms with Gasteiger partial charge in [0.25, 0.3) is 5.91 Å². The largest absolute Gasteiger partial charge is 0.365 e. The van der Waals surface area contributed by atoms with Crippen molar-refractivity contribution in [3.8, 4) is 0 Å². The Kier molecular flexibility index (Phi) is 5.86. The molecular formula is C24H28N4O3S2. The molecule has 0 aliphatic carbocycles. The molecule has 0 saturated carbocycles. The normalized spacial score (nSPS) is 26.1. The van der Waals surface area contributed by atoms with Crippen LogP contribution in [0.2, 0.25) is 0 Å². The average molecular weight is 485 g/mol. The van der Waals surface area contributed by atoms with Gasteiger partial charge >= 0.3 is 0 Å². The first-order valence-electron chi connectivity index (χ1n) is 11.2. The Balaban J connectivity index is 1.24. The van der Waals surface area contributed by atoms with Crippen molar-refractivity contribution >= 4 is 44.0 Å². The first-order valence-corrected chi connectivity index (χ1v) is 13.9. The van der Waals surface area contributed by atoms with Crippen molar-refractivity contribution in [3.63, 3.8) is 0 Å². The molecular weight excluding hydrogens is 456 g/mol. The van der Waals surface area contributed by atoms with Crippen LogP contribution in [0, 0.1) is 6.92 Å².